The van der Waals surface area contributed by atoms with Gasteiger partial charge in [-0.05, 0) is 61.7 Å². The van der Waals surface area contributed by atoms with Gasteiger partial charge in [-0.3, -0.25) is 4.79 Å². The fourth-order valence-corrected chi connectivity index (χ4v) is 5.47. The third-order valence-electron chi connectivity index (χ3n) is 5.67. The average Bonchev–Trinajstić information content (AvgIpc) is 2.79. The number of nitrogens with one attached hydrogen (secondary N) is 1. The molecule has 0 saturated carbocycles. The Kier molecular flexibility index (Phi) is 8.06. The van der Waals surface area contributed by atoms with Gasteiger partial charge in [-0.2, -0.15) is 5.10 Å². The topological polar surface area (TPSA) is 59.4 Å². The predicted octanol–water partition coefficient (Wildman–Crippen LogP) is 5.39. The van der Waals surface area contributed by atoms with Gasteiger partial charge >= 0.3 is 0 Å². The summed E-state index contributed by atoms with van der Waals surface area (Å²) in [6.45, 7) is 3.98. The number of halogens is 3. The minimum atomic E-state index is -0.234. The van der Waals surface area contributed by atoms with Gasteiger partial charge in [-0.1, -0.05) is 34.8 Å². The summed E-state index contributed by atoms with van der Waals surface area (Å²) >= 11 is 20.2. The third kappa shape index (κ3) is 5.89. The highest BCUT2D eigenvalue weighted by Gasteiger charge is 2.24. The number of nitrogens with zero attached hydrogens (tertiary/aromatic N) is 3. The lowest BCUT2D eigenvalue weighted by Crippen LogP contribution is -2.36. The van der Waals surface area contributed by atoms with Gasteiger partial charge < -0.3 is 10.1 Å². The van der Waals surface area contributed by atoms with Crippen LogP contribution in [-0.2, 0) is 4.74 Å². The van der Waals surface area contributed by atoms with Crippen LogP contribution >= 0.6 is 46.8 Å². The first-order valence-electron chi connectivity index (χ1n) is 10.5. The molecule has 10 heteroatoms. The highest BCUT2D eigenvalue weighted by atomic mass is 35.5. The van der Waals surface area contributed by atoms with Crippen molar-refractivity contribution >= 4 is 52.4 Å². The molecule has 0 bridgehead atoms. The van der Waals surface area contributed by atoms with Gasteiger partial charge in [0.1, 0.15) is 5.02 Å². The van der Waals surface area contributed by atoms with Crippen molar-refractivity contribution in [1.29, 1.82) is 0 Å². The molecule has 6 nitrogen and oxygen atoms in total. The van der Waals surface area contributed by atoms with Gasteiger partial charge in [-0.25, -0.2) is 8.99 Å². The first-order valence-corrected chi connectivity index (χ1v) is 12.4. The van der Waals surface area contributed by atoms with E-state index in [1.54, 1.807) is 28.9 Å². The highest BCUT2D eigenvalue weighted by Crippen LogP contribution is 2.33. The largest absolute Gasteiger partial charge is 0.382 e. The summed E-state index contributed by atoms with van der Waals surface area (Å²) in [5, 5.41) is 9.02. The van der Waals surface area contributed by atoms with Crippen LogP contribution in [0.5, 0.6) is 0 Å². The molecule has 4 rings (SSSR count). The summed E-state index contributed by atoms with van der Waals surface area (Å²) in [5.41, 5.74) is 0.364. The molecule has 31 heavy (non-hydrogen) atoms. The molecule has 2 saturated heterocycles. The van der Waals surface area contributed by atoms with Crippen LogP contribution in [0.3, 0.4) is 0 Å². The number of rotatable bonds is 6. The summed E-state index contributed by atoms with van der Waals surface area (Å²) in [4.78, 5) is 13.9. The first-order chi connectivity index (χ1) is 15.0. The number of aromatic nitrogens is 2. The molecular formula is C21H25Cl3N4O2S. The second-order valence-electron chi connectivity index (χ2n) is 7.91. The van der Waals surface area contributed by atoms with Gasteiger partial charge in [0.2, 0.25) is 0 Å². The van der Waals surface area contributed by atoms with E-state index in [4.69, 9.17) is 39.5 Å². The number of benzene rings is 1. The minimum Gasteiger partial charge on any atom is -0.382 e. The van der Waals surface area contributed by atoms with Crippen LogP contribution in [0.25, 0.3) is 0 Å². The quantitative estimate of drug-likeness (QED) is 0.534. The van der Waals surface area contributed by atoms with Gasteiger partial charge in [0.15, 0.2) is 0 Å². The Morgan fingerprint density at radius 2 is 1.97 bits per heavy atom. The number of ether oxygens (including phenoxy) is 1. The first kappa shape index (κ1) is 23.2. The van der Waals surface area contributed by atoms with Crippen LogP contribution < -0.4 is 10.9 Å². The molecule has 1 atom stereocenters. The molecule has 2 aromatic rings. The van der Waals surface area contributed by atoms with Crippen molar-refractivity contribution in [2.75, 3.05) is 38.2 Å². The van der Waals surface area contributed by atoms with Crippen LogP contribution in [0.15, 0.2) is 34.1 Å². The molecule has 0 amide bonds. The summed E-state index contributed by atoms with van der Waals surface area (Å²) < 4.78 is 9.32. The monoisotopic (exact) mass is 502 g/mol. The van der Waals surface area contributed by atoms with Gasteiger partial charge in [0, 0.05) is 31.1 Å². The molecule has 2 aliphatic rings. The molecular weight excluding hydrogens is 479 g/mol. The Labute approximate surface area is 201 Å². The van der Waals surface area contributed by atoms with Crippen molar-refractivity contribution in [1.82, 2.24) is 14.1 Å². The van der Waals surface area contributed by atoms with Gasteiger partial charge in [0.05, 0.1) is 34.6 Å². The normalized spacial score (nSPS) is 20.7. The van der Waals surface area contributed by atoms with Crippen molar-refractivity contribution in [2.24, 2.45) is 5.92 Å². The Hall–Kier alpha value is -0.960. The molecule has 0 aliphatic carbocycles. The van der Waals surface area contributed by atoms with E-state index in [1.165, 1.54) is 0 Å². The maximum atomic E-state index is 12.8. The van der Waals surface area contributed by atoms with E-state index in [-0.39, 0.29) is 16.6 Å². The molecule has 168 valence electrons. The van der Waals surface area contributed by atoms with Crippen molar-refractivity contribution in [3.63, 3.8) is 0 Å². The number of hydrogen-bond donors (Lipinski definition) is 1. The van der Waals surface area contributed by atoms with E-state index in [2.05, 4.69) is 14.7 Å². The fraction of sp³-hybridized carbons (Fsp3) is 0.524. The molecule has 1 aromatic carbocycles. The average molecular weight is 504 g/mol. The summed E-state index contributed by atoms with van der Waals surface area (Å²) in [5.74, 6) is 0.435. The third-order valence-corrected chi connectivity index (χ3v) is 7.87. The van der Waals surface area contributed by atoms with Gasteiger partial charge in [0.25, 0.3) is 5.56 Å². The van der Waals surface area contributed by atoms with E-state index in [0.717, 1.165) is 63.4 Å². The van der Waals surface area contributed by atoms with Crippen molar-refractivity contribution in [3.05, 3.63) is 49.8 Å². The van der Waals surface area contributed by atoms with E-state index in [0.29, 0.717) is 21.7 Å². The second kappa shape index (κ2) is 10.8. The lowest BCUT2D eigenvalue weighted by Gasteiger charge is -2.31. The zero-order valence-corrected chi connectivity index (χ0v) is 20.1. The van der Waals surface area contributed by atoms with E-state index in [9.17, 15) is 4.79 Å². The molecule has 2 fully saturated rings. The predicted molar refractivity (Wildman–Crippen MR) is 128 cm³/mol. The van der Waals surface area contributed by atoms with E-state index < -0.39 is 0 Å². The van der Waals surface area contributed by atoms with Crippen LogP contribution in [0.2, 0.25) is 15.1 Å². The summed E-state index contributed by atoms with van der Waals surface area (Å²) in [7, 11) is 0. The molecule has 1 N–H and O–H groups in total. The van der Waals surface area contributed by atoms with Gasteiger partial charge in [-0.15, -0.1) is 0 Å². The zero-order chi connectivity index (χ0) is 21.8. The van der Waals surface area contributed by atoms with Crippen LogP contribution in [0.4, 0.5) is 5.69 Å². The number of piperidine rings is 1. The summed E-state index contributed by atoms with van der Waals surface area (Å²) in [6.07, 6.45) is 5.51. The molecule has 3 heterocycles. The van der Waals surface area contributed by atoms with Crippen molar-refractivity contribution in [3.8, 4) is 0 Å². The zero-order valence-electron chi connectivity index (χ0n) is 17.0. The maximum absolute atomic E-state index is 12.8. The Bertz CT molecular complexity index is 960. The fourth-order valence-electron chi connectivity index (χ4n) is 3.91. The molecule has 0 unspecified atom stereocenters. The molecule has 2 aliphatic heterocycles. The Morgan fingerprint density at radius 1 is 1.16 bits per heavy atom. The standard InChI is InChI=1S/C21H25Cl3N4O2S/c22-17-4-3-16(10-18(17)23)31-27-7-5-15(6-8-27)28-21(29)20(24)19(12-26-28)25-11-14-2-1-9-30-13-14/h3-4,10,12,14-15,25H,1-2,5-9,11,13H2/t14-/m0/s1. The smallest absolute Gasteiger partial charge is 0.287 e. The molecule has 1 aromatic heterocycles. The SMILES string of the molecule is O=c1c(Cl)c(NC[C@@H]2CCCOC2)cnn1C1CCN(Sc2ccc(Cl)c(Cl)c2)CC1. The second-order valence-corrected chi connectivity index (χ2v) is 10.3. The Balaban J connectivity index is 1.34. The number of hydrogen-bond acceptors (Lipinski definition) is 6. The van der Waals surface area contributed by atoms with Crippen LogP contribution in [0.1, 0.15) is 31.7 Å². The number of anilines is 1. The highest BCUT2D eigenvalue weighted by molar-refractivity contribution is 7.97. The van der Waals surface area contributed by atoms with Crippen LogP contribution in [0, 0.1) is 5.92 Å². The van der Waals surface area contributed by atoms with Crippen LogP contribution in [-0.4, -0.2) is 46.9 Å². The lowest BCUT2D eigenvalue weighted by molar-refractivity contribution is 0.0595. The van der Waals surface area contributed by atoms with Crippen molar-refractivity contribution in [2.45, 2.75) is 36.6 Å². The van der Waals surface area contributed by atoms with E-state index in [1.807, 2.05) is 12.1 Å². The molecule has 0 spiro atoms. The molecule has 0 radical (unpaired) electrons. The maximum Gasteiger partial charge on any atom is 0.287 e. The minimum absolute atomic E-state index is 0.0384. The summed E-state index contributed by atoms with van der Waals surface area (Å²) in [6, 6.07) is 5.68. The lowest BCUT2D eigenvalue weighted by atomic mass is 10.0. The Morgan fingerprint density at radius 3 is 2.68 bits per heavy atom. The van der Waals surface area contributed by atoms with E-state index >= 15 is 0 Å². The van der Waals surface area contributed by atoms with Crippen molar-refractivity contribution < 1.29 is 4.74 Å².